The van der Waals surface area contributed by atoms with Crippen LogP contribution in [0.15, 0.2) is 33.9 Å². The molecule has 0 saturated carbocycles. The van der Waals surface area contributed by atoms with Crippen LogP contribution in [0, 0.1) is 0 Å². The summed E-state index contributed by atoms with van der Waals surface area (Å²) in [5, 5.41) is 4.97. The van der Waals surface area contributed by atoms with Crippen molar-refractivity contribution in [2.75, 3.05) is 0 Å². The van der Waals surface area contributed by atoms with Gasteiger partial charge in [0.15, 0.2) is 0 Å². The number of H-pyrrole nitrogens is 1. The number of para-hydroxylation sites is 1. The molecule has 3 N–H and O–H groups in total. The predicted molar refractivity (Wildman–Crippen MR) is 57.3 cm³/mol. The van der Waals surface area contributed by atoms with Gasteiger partial charge < -0.3 is 0 Å². The molecule has 0 spiro atoms. The van der Waals surface area contributed by atoms with Gasteiger partial charge in [0.25, 0.3) is 5.56 Å². The summed E-state index contributed by atoms with van der Waals surface area (Å²) < 4.78 is 22.7. The number of nitrogens with one attached hydrogen (secondary N) is 1. The van der Waals surface area contributed by atoms with Crippen LogP contribution in [-0.4, -0.2) is 17.4 Å². The maximum atomic E-state index is 11.4. The summed E-state index contributed by atoms with van der Waals surface area (Å²) in [6.07, 6.45) is 0. The highest BCUT2D eigenvalue weighted by Gasteiger charge is 2.14. The van der Waals surface area contributed by atoms with Gasteiger partial charge >= 0.3 is 15.9 Å². The molecule has 0 aliphatic heterocycles. The molecule has 0 amide bonds. The van der Waals surface area contributed by atoms with Crippen LogP contribution in [0.4, 0.5) is 0 Å². The molecule has 7 nitrogen and oxygen atoms in total. The minimum absolute atomic E-state index is 0.0428. The molecule has 1 aromatic heterocycles. The lowest BCUT2D eigenvalue weighted by atomic mass is 10.2. The Bertz CT molecular complexity index is 772. The zero-order chi connectivity index (χ0) is 11.9. The summed E-state index contributed by atoms with van der Waals surface area (Å²) in [6.45, 7) is 0. The highest BCUT2D eigenvalue weighted by atomic mass is 32.2. The second kappa shape index (κ2) is 3.29. The third-order valence-corrected chi connectivity index (χ3v) is 2.90. The molecular weight excluding hydrogens is 234 g/mol. The van der Waals surface area contributed by atoms with Crippen molar-refractivity contribution in [3.63, 3.8) is 0 Å². The molecule has 8 heteroatoms. The lowest BCUT2D eigenvalue weighted by Crippen LogP contribution is -2.38. The minimum atomic E-state index is -4.24. The van der Waals surface area contributed by atoms with Crippen molar-refractivity contribution in [1.29, 1.82) is 0 Å². The summed E-state index contributed by atoms with van der Waals surface area (Å²) >= 11 is 0. The van der Waals surface area contributed by atoms with Gasteiger partial charge in [-0.15, -0.1) is 0 Å². The summed E-state index contributed by atoms with van der Waals surface area (Å²) in [6, 6.07) is 5.78. The zero-order valence-corrected chi connectivity index (χ0v) is 8.69. The fourth-order valence-corrected chi connectivity index (χ4v) is 2.13. The molecule has 0 aliphatic carbocycles. The van der Waals surface area contributed by atoms with Gasteiger partial charge in [-0.25, -0.2) is 9.93 Å². The molecule has 16 heavy (non-hydrogen) atoms. The van der Waals surface area contributed by atoms with E-state index in [2.05, 4.69) is 0 Å². The molecule has 0 aliphatic rings. The number of fused-ring (bicyclic) bond motifs is 1. The van der Waals surface area contributed by atoms with Gasteiger partial charge in [-0.3, -0.25) is 9.78 Å². The van der Waals surface area contributed by atoms with Crippen LogP contribution in [0.1, 0.15) is 0 Å². The van der Waals surface area contributed by atoms with Crippen molar-refractivity contribution in [3.8, 4) is 0 Å². The van der Waals surface area contributed by atoms with E-state index < -0.39 is 21.5 Å². The number of rotatable bonds is 1. The normalized spacial score (nSPS) is 11.8. The van der Waals surface area contributed by atoms with Crippen molar-refractivity contribution < 1.29 is 8.42 Å². The van der Waals surface area contributed by atoms with Gasteiger partial charge in [-0.2, -0.15) is 12.4 Å². The molecule has 1 heterocycles. The Kier molecular flexibility index (Phi) is 2.17. The van der Waals surface area contributed by atoms with Crippen molar-refractivity contribution in [2.45, 2.75) is 0 Å². The number of nitrogens with two attached hydrogens (primary N) is 1. The maximum Gasteiger partial charge on any atom is 0.343 e. The molecule has 0 fully saturated rings. The molecule has 0 atom stereocenters. The fraction of sp³-hybridized carbons (Fsp3) is 0. The van der Waals surface area contributed by atoms with Gasteiger partial charge in [0, 0.05) is 0 Å². The van der Waals surface area contributed by atoms with Crippen LogP contribution in [0.5, 0.6) is 0 Å². The SMILES string of the molecule is NS(=O)(=O)n1c(=O)[nH]c(=O)c2ccccc21. The number of aromatic amines is 1. The molecule has 2 rings (SSSR count). The largest absolute Gasteiger partial charge is 0.343 e. The van der Waals surface area contributed by atoms with Crippen LogP contribution < -0.4 is 16.4 Å². The summed E-state index contributed by atoms with van der Waals surface area (Å²) in [5.74, 6) is 0. The second-order valence-electron chi connectivity index (χ2n) is 3.09. The molecule has 1 aromatic carbocycles. The number of aromatic nitrogens is 2. The molecule has 2 aromatic rings. The Morgan fingerprint density at radius 1 is 1.19 bits per heavy atom. The van der Waals surface area contributed by atoms with Crippen LogP contribution in [0.25, 0.3) is 10.9 Å². The topological polar surface area (TPSA) is 115 Å². The van der Waals surface area contributed by atoms with E-state index in [1.165, 1.54) is 18.2 Å². The molecule has 0 saturated heterocycles. The Labute approximate surface area is 89.3 Å². The molecule has 0 bridgehead atoms. The Balaban J connectivity index is 3.18. The fourth-order valence-electron chi connectivity index (χ4n) is 1.42. The number of hydrogen-bond acceptors (Lipinski definition) is 4. The van der Waals surface area contributed by atoms with E-state index in [9.17, 15) is 18.0 Å². The summed E-state index contributed by atoms with van der Waals surface area (Å²) in [7, 11) is -4.24. The number of nitrogens with zero attached hydrogens (tertiary/aromatic N) is 1. The van der Waals surface area contributed by atoms with E-state index in [1.807, 2.05) is 4.98 Å². The maximum absolute atomic E-state index is 11.4. The lowest BCUT2D eigenvalue weighted by molar-refractivity contribution is 0.588. The first-order valence-electron chi connectivity index (χ1n) is 4.18. The molecular formula is C8H7N3O4S. The van der Waals surface area contributed by atoms with Crippen LogP contribution in [0.2, 0.25) is 0 Å². The van der Waals surface area contributed by atoms with Gasteiger partial charge in [0.2, 0.25) is 0 Å². The quantitative estimate of drug-likeness (QED) is 0.648. The van der Waals surface area contributed by atoms with Crippen molar-refractivity contribution in [1.82, 2.24) is 8.96 Å². The van der Waals surface area contributed by atoms with Gasteiger partial charge in [0.1, 0.15) is 0 Å². The van der Waals surface area contributed by atoms with Gasteiger partial charge in [0.05, 0.1) is 10.9 Å². The van der Waals surface area contributed by atoms with E-state index in [0.717, 1.165) is 0 Å². The average Bonchev–Trinajstić information content (AvgIpc) is 2.15. The summed E-state index contributed by atoms with van der Waals surface area (Å²) in [4.78, 5) is 24.6. The first-order chi connectivity index (χ1) is 7.41. The molecule has 0 radical (unpaired) electrons. The smallest absolute Gasteiger partial charge is 0.273 e. The van der Waals surface area contributed by atoms with Crippen LogP contribution >= 0.6 is 0 Å². The minimum Gasteiger partial charge on any atom is -0.273 e. The third kappa shape index (κ3) is 1.53. The van der Waals surface area contributed by atoms with E-state index in [1.54, 1.807) is 6.07 Å². The Morgan fingerprint density at radius 3 is 2.44 bits per heavy atom. The molecule has 0 unspecified atom stereocenters. The molecule has 84 valence electrons. The number of hydrogen-bond donors (Lipinski definition) is 2. The van der Waals surface area contributed by atoms with E-state index >= 15 is 0 Å². The monoisotopic (exact) mass is 241 g/mol. The van der Waals surface area contributed by atoms with E-state index in [4.69, 9.17) is 5.14 Å². The lowest BCUT2D eigenvalue weighted by Gasteiger charge is -2.05. The highest BCUT2D eigenvalue weighted by molar-refractivity contribution is 7.87. The van der Waals surface area contributed by atoms with E-state index in [0.29, 0.717) is 3.97 Å². The second-order valence-corrected chi connectivity index (χ2v) is 4.48. The van der Waals surface area contributed by atoms with Crippen LogP contribution in [0.3, 0.4) is 0 Å². The highest BCUT2D eigenvalue weighted by Crippen LogP contribution is 2.06. The van der Waals surface area contributed by atoms with Crippen molar-refractivity contribution in [2.24, 2.45) is 5.14 Å². The Morgan fingerprint density at radius 2 is 1.81 bits per heavy atom. The van der Waals surface area contributed by atoms with Gasteiger partial charge in [-0.05, 0) is 12.1 Å². The first-order valence-corrected chi connectivity index (χ1v) is 5.69. The third-order valence-electron chi connectivity index (χ3n) is 2.03. The summed E-state index contributed by atoms with van der Waals surface area (Å²) in [5.41, 5.74) is -1.77. The Hall–Kier alpha value is -1.93. The standard InChI is InChI=1S/C8H7N3O4S/c9-16(14,15)11-6-4-2-1-3-5(6)7(12)10-8(11)13/h1-4H,(H2,9,14,15)(H,10,12,13). The zero-order valence-electron chi connectivity index (χ0n) is 7.88. The van der Waals surface area contributed by atoms with Gasteiger partial charge in [-0.1, -0.05) is 12.1 Å². The number of benzene rings is 1. The van der Waals surface area contributed by atoms with Crippen molar-refractivity contribution >= 4 is 21.1 Å². The predicted octanol–water partition coefficient (Wildman–Crippen LogP) is -1.26. The average molecular weight is 241 g/mol. The van der Waals surface area contributed by atoms with Crippen LogP contribution in [-0.2, 0) is 10.2 Å². The first kappa shape index (κ1) is 10.6. The van der Waals surface area contributed by atoms with E-state index in [-0.39, 0.29) is 10.9 Å². The van der Waals surface area contributed by atoms with Crippen molar-refractivity contribution in [3.05, 3.63) is 45.1 Å².